The summed E-state index contributed by atoms with van der Waals surface area (Å²) in [7, 11) is 0. The molecule has 0 amide bonds. The number of fused-ring (bicyclic) bond motifs is 14. The molecular formula is C54H38N4. The number of benzene rings is 7. The predicted molar refractivity (Wildman–Crippen MR) is 238 cm³/mol. The zero-order valence-electron chi connectivity index (χ0n) is 32.8. The van der Waals surface area contributed by atoms with Gasteiger partial charge in [0.1, 0.15) is 0 Å². The maximum atomic E-state index is 10.4. The Morgan fingerprint density at radius 2 is 0.966 bits per heavy atom. The molecule has 12 rings (SSSR count). The molecule has 0 atom stereocenters. The summed E-state index contributed by atoms with van der Waals surface area (Å²) >= 11 is 0. The molecule has 274 valence electrons. The van der Waals surface area contributed by atoms with Gasteiger partial charge in [-0.1, -0.05) is 125 Å². The van der Waals surface area contributed by atoms with Crippen LogP contribution in [0.3, 0.4) is 0 Å². The maximum absolute atomic E-state index is 10.4. The molecule has 0 aliphatic heterocycles. The fourth-order valence-electron chi connectivity index (χ4n) is 11.0. The zero-order chi connectivity index (χ0) is 39.1. The minimum Gasteiger partial charge on any atom is -0.309 e. The second-order valence-electron chi connectivity index (χ2n) is 17.0. The van der Waals surface area contributed by atoms with Crippen LogP contribution >= 0.6 is 0 Å². The summed E-state index contributed by atoms with van der Waals surface area (Å²) in [6, 6.07) is 55.3. The average Bonchev–Trinajstić information content (AvgIpc) is 3.92. The van der Waals surface area contributed by atoms with Crippen LogP contribution in [0.15, 0.2) is 158 Å². The van der Waals surface area contributed by atoms with Crippen LogP contribution in [-0.4, -0.2) is 14.1 Å². The van der Waals surface area contributed by atoms with Gasteiger partial charge in [0.05, 0.1) is 45.1 Å². The number of nitriles is 1. The number of nitrogens with zero attached hydrogens (tertiary/aromatic N) is 4. The highest BCUT2D eigenvalue weighted by atomic mass is 15.0. The number of hydrogen-bond donors (Lipinski definition) is 0. The molecule has 3 aromatic heterocycles. The highest BCUT2D eigenvalue weighted by Gasteiger charge is 2.39. The van der Waals surface area contributed by atoms with Gasteiger partial charge < -0.3 is 9.13 Å². The number of hydrogen-bond acceptors (Lipinski definition) is 2. The van der Waals surface area contributed by atoms with Crippen molar-refractivity contribution in [2.24, 2.45) is 0 Å². The molecule has 0 bridgehead atoms. The van der Waals surface area contributed by atoms with Crippen LogP contribution in [0.5, 0.6) is 0 Å². The topological polar surface area (TPSA) is 46.5 Å². The number of aromatic nitrogens is 3. The maximum Gasteiger partial charge on any atom is 0.0991 e. The van der Waals surface area contributed by atoms with Crippen molar-refractivity contribution in [3.05, 3.63) is 186 Å². The van der Waals surface area contributed by atoms with Gasteiger partial charge in [0, 0.05) is 55.9 Å². The molecule has 0 N–H and O–H groups in total. The van der Waals surface area contributed by atoms with E-state index in [1.165, 1.54) is 66.1 Å². The SMILES string of the molecule is CC1(C)c2ccccc2-c2ccc3c(c21)c1ccccc1n3-c1ccncc1-c1cc(C#N)ccc1-n1c2ccccc2c2c3c(ccc21)-c1ccccc1C3(C)C. The van der Waals surface area contributed by atoms with Crippen LogP contribution in [0.2, 0.25) is 0 Å². The van der Waals surface area contributed by atoms with Gasteiger partial charge in [-0.05, 0) is 93.0 Å². The molecule has 10 aromatic rings. The molecule has 0 saturated carbocycles. The van der Waals surface area contributed by atoms with Gasteiger partial charge in [0.25, 0.3) is 0 Å². The number of para-hydroxylation sites is 2. The first-order valence-corrected chi connectivity index (χ1v) is 20.1. The predicted octanol–water partition coefficient (Wildman–Crippen LogP) is 13.4. The molecule has 0 fully saturated rings. The van der Waals surface area contributed by atoms with Gasteiger partial charge in [-0.2, -0.15) is 5.26 Å². The largest absolute Gasteiger partial charge is 0.309 e. The summed E-state index contributed by atoms with van der Waals surface area (Å²) in [5, 5.41) is 15.4. The van der Waals surface area contributed by atoms with Crippen LogP contribution < -0.4 is 0 Å². The summed E-state index contributed by atoms with van der Waals surface area (Å²) in [6.07, 6.45) is 3.87. The Morgan fingerprint density at radius 3 is 1.52 bits per heavy atom. The highest BCUT2D eigenvalue weighted by Crippen LogP contribution is 2.55. The lowest BCUT2D eigenvalue weighted by Gasteiger charge is -2.23. The van der Waals surface area contributed by atoms with Crippen LogP contribution in [-0.2, 0) is 10.8 Å². The molecule has 0 spiro atoms. The fourth-order valence-corrected chi connectivity index (χ4v) is 11.0. The Morgan fingerprint density at radius 1 is 0.466 bits per heavy atom. The van der Waals surface area contributed by atoms with Crippen molar-refractivity contribution >= 4 is 43.6 Å². The Balaban J connectivity index is 1.16. The van der Waals surface area contributed by atoms with Gasteiger partial charge in [-0.25, -0.2) is 0 Å². The monoisotopic (exact) mass is 742 g/mol. The Labute approximate surface area is 336 Å². The van der Waals surface area contributed by atoms with Gasteiger partial charge in [0.15, 0.2) is 0 Å². The smallest absolute Gasteiger partial charge is 0.0991 e. The van der Waals surface area contributed by atoms with E-state index in [0.717, 1.165) is 44.6 Å². The lowest BCUT2D eigenvalue weighted by atomic mass is 9.80. The summed E-state index contributed by atoms with van der Waals surface area (Å²) in [6.45, 7) is 9.45. The third-order valence-electron chi connectivity index (χ3n) is 13.4. The van der Waals surface area contributed by atoms with Crippen LogP contribution in [0, 0.1) is 11.3 Å². The lowest BCUT2D eigenvalue weighted by Crippen LogP contribution is -2.15. The average molecular weight is 743 g/mol. The molecule has 3 heterocycles. The Bertz CT molecular complexity index is 3470. The quantitative estimate of drug-likeness (QED) is 0.181. The van der Waals surface area contributed by atoms with E-state index in [0.29, 0.717) is 5.56 Å². The first-order valence-electron chi connectivity index (χ1n) is 20.1. The standard InChI is InChI=1S/C54H38N4/c1-53(2)41-17-9-5-13-33(41)35-22-25-47-49(51(35)53)37-15-7-11-19-43(37)57(47)45-24-21-32(30-55)29-39(45)40-31-56-28-27-46(40)58-44-20-12-8-16-38(44)50-48(58)26-23-36-34-14-6-10-18-42(34)54(3,4)52(36)50/h5-29,31H,1-4H3. The Kier molecular flexibility index (Phi) is 6.50. The fraction of sp³-hybridized carbons (Fsp3) is 0.111. The third kappa shape index (κ3) is 4.10. The molecule has 7 aromatic carbocycles. The molecule has 2 aliphatic carbocycles. The summed E-state index contributed by atoms with van der Waals surface area (Å²) in [5.74, 6) is 0. The van der Waals surface area contributed by atoms with E-state index >= 15 is 0 Å². The van der Waals surface area contributed by atoms with E-state index in [1.807, 2.05) is 18.5 Å². The highest BCUT2D eigenvalue weighted by molar-refractivity contribution is 6.16. The van der Waals surface area contributed by atoms with Crippen LogP contribution in [0.4, 0.5) is 0 Å². The zero-order valence-corrected chi connectivity index (χ0v) is 32.8. The minimum absolute atomic E-state index is 0.178. The molecule has 0 unspecified atom stereocenters. The van der Waals surface area contributed by atoms with Crippen molar-refractivity contribution in [1.29, 1.82) is 5.26 Å². The van der Waals surface area contributed by atoms with Gasteiger partial charge in [0.2, 0.25) is 0 Å². The minimum atomic E-state index is -0.183. The van der Waals surface area contributed by atoms with E-state index in [2.05, 4.69) is 182 Å². The van der Waals surface area contributed by atoms with Crippen molar-refractivity contribution in [1.82, 2.24) is 14.1 Å². The van der Waals surface area contributed by atoms with Gasteiger partial charge in [-0.15, -0.1) is 0 Å². The number of pyridine rings is 1. The van der Waals surface area contributed by atoms with Crippen molar-refractivity contribution in [2.75, 3.05) is 0 Å². The lowest BCUT2D eigenvalue weighted by molar-refractivity contribution is 0.666. The third-order valence-corrected chi connectivity index (χ3v) is 13.4. The molecule has 0 radical (unpaired) electrons. The van der Waals surface area contributed by atoms with Crippen molar-refractivity contribution in [3.63, 3.8) is 0 Å². The molecular weight excluding hydrogens is 705 g/mol. The van der Waals surface area contributed by atoms with Crippen molar-refractivity contribution in [3.8, 4) is 50.8 Å². The van der Waals surface area contributed by atoms with Crippen molar-refractivity contribution in [2.45, 2.75) is 38.5 Å². The van der Waals surface area contributed by atoms with Crippen LogP contribution in [0.1, 0.15) is 55.5 Å². The first-order chi connectivity index (χ1) is 28.3. The molecule has 58 heavy (non-hydrogen) atoms. The van der Waals surface area contributed by atoms with Gasteiger partial charge in [-0.3, -0.25) is 4.98 Å². The number of rotatable bonds is 3. The van der Waals surface area contributed by atoms with E-state index in [1.54, 1.807) is 0 Å². The molecule has 2 aliphatic rings. The van der Waals surface area contributed by atoms with E-state index in [4.69, 9.17) is 4.98 Å². The molecule has 4 nitrogen and oxygen atoms in total. The summed E-state index contributed by atoms with van der Waals surface area (Å²) in [4.78, 5) is 4.79. The second-order valence-corrected chi connectivity index (χ2v) is 17.0. The van der Waals surface area contributed by atoms with E-state index in [-0.39, 0.29) is 10.8 Å². The van der Waals surface area contributed by atoms with E-state index in [9.17, 15) is 5.26 Å². The normalized spacial score (nSPS) is 14.5. The van der Waals surface area contributed by atoms with Crippen molar-refractivity contribution < 1.29 is 0 Å². The van der Waals surface area contributed by atoms with E-state index < -0.39 is 0 Å². The summed E-state index contributed by atoms with van der Waals surface area (Å²) in [5.41, 5.74) is 19.4. The Hall–Kier alpha value is -7.22. The molecule has 4 heteroatoms. The second kappa shape index (κ2) is 11.4. The van der Waals surface area contributed by atoms with Gasteiger partial charge >= 0.3 is 0 Å². The first kappa shape index (κ1) is 33.0. The molecule has 0 saturated heterocycles. The van der Waals surface area contributed by atoms with Crippen LogP contribution in [0.25, 0.3) is 88.4 Å². The summed E-state index contributed by atoms with van der Waals surface area (Å²) < 4.78 is 4.83.